The average Bonchev–Trinajstić information content (AvgIpc) is 2.75. The lowest BCUT2D eigenvalue weighted by molar-refractivity contribution is -0.152. The summed E-state index contributed by atoms with van der Waals surface area (Å²) < 4.78 is 10.9. The first-order chi connectivity index (χ1) is 15.0. The predicted octanol–water partition coefficient (Wildman–Crippen LogP) is 8.16. The molecule has 0 aliphatic rings. The van der Waals surface area contributed by atoms with Crippen LogP contribution in [0.25, 0.3) is 0 Å². The Labute approximate surface area is 193 Å². The normalized spacial score (nSPS) is 13.0. The molecule has 2 unspecified atom stereocenters. The van der Waals surface area contributed by atoms with Gasteiger partial charge in [-0.2, -0.15) is 0 Å². The quantitative estimate of drug-likeness (QED) is 0.126. The van der Waals surface area contributed by atoms with Crippen molar-refractivity contribution in [2.45, 2.75) is 149 Å². The Bertz CT molecular complexity index is 421. The number of carbonyl (C=O) groups excluding carboxylic acids is 2. The Morgan fingerprint density at radius 2 is 1.16 bits per heavy atom. The van der Waals surface area contributed by atoms with E-state index in [-0.39, 0.29) is 18.0 Å². The van der Waals surface area contributed by atoms with Crippen LogP contribution in [-0.4, -0.2) is 24.6 Å². The van der Waals surface area contributed by atoms with Gasteiger partial charge >= 0.3 is 11.9 Å². The molecule has 31 heavy (non-hydrogen) atoms. The molecule has 0 spiro atoms. The smallest absolute Gasteiger partial charge is 0.306 e. The Morgan fingerprint density at radius 3 is 1.68 bits per heavy atom. The summed E-state index contributed by atoms with van der Waals surface area (Å²) in [6.07, 6.45) is 19.7. The third-order valence-electron chi connectivity index (χ3n) is 6.09. The second-order valence-electron chi connectivity index (χ2n) is 9.17. The monoisotopic (exact) mass is 440 g/mol. The molecule has 0 N–H and O–H groups in total. The molecule has 0 fully saturated rings. The minimum atomic E-state index is -0.192. The molecular formula is C27H52O4. The van der Waals surface area contributed by atoms with Gasteiger partial charge in [0, 0.05) is 12.8 Å². The van der Waals surface area contributed by atoms with E-state index in [0.717, 1.165) is 32.1 Å². The molecule has 0 radical (unpaired) electrons. The lowest BCUT2D eigenvalue weighted by Gasteiger charge is -2.22. The number of hydrogen-bond donors (Lipinski definition) is 0. The highest BCUT2D eigenvalue weighted by atomic mass is 16.5. The SMILES string of the molecule is CCCCCCCCCCCCCCOC(=O)CCCC(=O)OC(CC)C(C)CCC. The van der Waals surface area contributed by atoms with E-state index in [1.807, 2.05) is 0 Å². The fourth-order valence-corrected chi connectivity index (χ4v) is 4.05. The van der Waals surface area contributed by atoms with Gasteiger partial charge in [0.15, 0.2) is 0 Å². The molecule has 0 bridgehead atoms. The molecule has 0 rings (SSSR count). The second-order valence-corrected chi connectivity index (χ2v) is 9.17. The summed E-state index contributed by atoms with van der Waals surface area (Å²) in [6, 6.07) is 0. The number of rotatable bonds is 22. The van der Waals surface area contributed by atoms with E-state index in [4.69, 9.17) is 9.47 Å². The maximum atomic E-state index is 12.0. The molecule has 0 aromatic heterocycles. The van der Waals surface area contributed by atoms with Crippen LogP contribution in [0.4, 0.5) is 0 Å². The fourth-order valence-electron chi connectivity index (χ4n) is 4.05. The van der Waals surface area contributed by atoms with Crippen molar-refractivity contribution in [2.24, 2.45) is 5.92 Å². The van der Waals surface area contributed by atoms with E-state index < -0.39 is 0 Å². The number of hydrogen-bond acceptors (Lipinski definition) is 4. The van der Waals surface area contributed by atoms with Crippen molar-refractivity contribution in [1.29, 1.82) is 0 Å². The first-order valence-corrected chi connectivity index (χ1v) is 13.4. The molecule has 0 saturated carbocycles. The van der Waals surface area contributed by atoms with E-state index in [1.165, 1.54) is 64.2 Å². The topological polar surface area (TPSA) is 52.6 Å². The van der Waals surface area contributed by atoms with E-state index in [9.17, 15) is 9.59 Å². The molecule has 0 saturated heterocycles. The van der Waals surface area contributed by atoms with Crippen molar-refractivity contribution in [2.75, 3.05) is 6.61 Å². The van der Waals surface area contributed by atoms with E-state index in [0.29, 0.717) is 31.8 Å². The molecule has 0 aromatic carbocycles. The van der Waals surface area contributed by atoms with Crippen molar-refractivity contribution in [3.05, 3.63) is 0 Å². The van der Waals surface area contributed by atoms with Gasteiger partial charge in [0.1, 0.15) is 6.10 Å². The highest BCUT2D eigenvalue weighted by Gasteiger charge is 2.19. The van der Waals surface area contributed by atoms with Crippen molar-refractivity contribution >= 4 is 11.9 Å². The lowest BCUT2D eigenvalue weighted by Crippen LogP contribution is -2.24. The lowest BCUT2D eigenvalue weighted by atomic mass is 9.97. The van der Waals surface area contributed by atoms with Gasteiger partial charge in [-0.05, 0) is 31.6 Å². The Morgan fingerprint density at radius 1 is 0.645 bits per heavy atom. The number of ether oxygens (including phenoxy) is 2. The van der Waals surface area contributed by atoms with Gasteiger partial charge in [0.2, 0.25) is 0 Å². The first kappa shape index (κ1) is 29.9. The minimum Gasteiger partial charge on any atom is -0.466 e. The molecule has 184 valence electrons. The van der Waals surface area contributed by atoms with Crippen molar-refractivity contribution in [3.8, 4) is 0 Å². The Balaban J connectivity index is 3.51. The molecule has 0 amide bonds. The van der Waals surface area contributed by atoms with Gasteiger partial charge in [0.25, 0.3) is 0 Å². The third kappa shape index (κ3) is 19.4. The predicted molar refractivity (Wildman–Crippen MR) is 130 cm³/mol. The summed E-state index contributed by atoms with van der Waals surface area (Å²) in [4.78, 5) is 23.8. The summed E-state index contributed by atoms with van der Waals surface area (Å²) in [5.41, 5.74) is 0. The highest BCUT2D eigenvalue weighted by Crippen LogP contribution is 2.18. The van der Waals surface area contributed by atoms with Gasteiger partial charge in [-0.3, -0.25) is 9.59 Å². The molecule has 0 aliphatic carbocycles. The van der Waals surface area contributed by atoms with E-state index in [1.54, 1.807) is 0 Å². The zero-order chi connectivity index (χ0) is 23.2. The highest BCUT2D eigenvalue weighted by molar-refractivity contribution is 5.72. The first-order valence-electron chi connectivity index (χ1n) is 13.4. The fraction of sp³-hybridized carbons (Fsp3) is 0.926. The third-order valence-corrected chi connectivity index (χ3v) is 6.09. The standard InChI is InChI=1S/C27H52O4/c1-5-8-9-10-11-12-13-14-15-16-17-18-23-30-26(28)21-19-22-27(29)31-25(7-3)24(4)20-6-2/h24-25H,5-23H2,1-4H3. The zero-order valence-corrected chi connectivity index (χ0v) is 21.2. The molecule has 4 heteroatoms. The van der Waals surface area contributed by atoms with E-state index >= 15 is 0 Å². The number of unbranched alkanes of at least 4 members (excludes halogenated alkanes) is 11. The summed E-state index contributed by atoms with van der Waals surface area (Å²) in [5, 5.41) is 0. The van der Waals surface area contributed by atoms with Gasteiger partial charge in [0.05, 0.1) is 6.61 Å². The molecule has 0 aromatic rings. The summed E-state index contributed by atoms with van der Waals surface area (Å²) in [6.45, 7) is 9.10. The Hall–Kier alpha value is -1.06. The molecule has 2 atom stereocenters. The maximum absolute atomic E-state index is 12.0. The molecule has 0 aliphatic heterocycles. The van der Waals surface area contributed by atoms with Crippen LogP contribution in [-0.2, 0) is 19.1 Å². The van der Waals surface area contributed by atoms with Crippen LogP contribution in [0.2, 0.25) is 0 Å². The van der Waals surface area contributed by atoms with Crippen LogP contribution in [0.1, 0.15) is 143 Å². The van der Waals surface area contributed by atoms with Gasteiger partial charge in [-0.15, -0.1) is 0 Å². The van der Waals surface area contributed by atoms with Crippen LogP contribution < -0.4 is 0 Å². The van der Waals surface area contributed by atoms with Gasteiger partial charge in [-0.1, -0.05) is 105 Å². The van der Waals surface area contributed by atoms with Crippen LogP contribution >= 0.6 is 0 Å². The summed E-state index contributed by atoms with van der Waals surface area (Å²) in [5.74, 6) is 0.00490. The summed E-state index contributed by atoms with van der Waals surface area (Å²) >= 11 is 0. The van der Waals surface area contributed by atoms with Crippen LogP contribution in [0.3, 0.4) is 0 Å². The van der Waals surface area contributed by atoms with Crippen LogP contribution in [0.15, 0.2) is 0 Å². The molecular weight excluding hydrogens is 388 g/mol. The largest absolute Gasteiger partial charge is 0.466 e. The van der Waals surface area contributed by atoms with E-state index in [2.05, 4.69) is 27.7 Å². The maximum Gasteiger partial charge on any atom is 0.306 e. The number of carbonyl (C=O) groups is 2. The van der Waals surface area contributed by atoms with Crippen LogP contribution in [0.5, 0.6) is 0 Å². The Kier molecular flexibility index (Phi) is 21.4. The van der Waals surface area contributed by atoms with Crippen LogP contribution in [0, 0.1) is 5.92 Å². The molecule has 0 heterocycles. The molecule has 4 nitrogen and oxygen atoms in total. The van der Waals surface area contributed by atoms with Crippen molar-refractivity contribution in [1.82, 2.24) is 0 Å². The number of esters is 2. The summed E-state index contributed by atoms with van der Waals surface area (Å²) in [7, 11) is 0. The van der Waals surface area contributed by atoms with Crippen molar-refractivity contribution in [3.63, 3.8) is 0 Å². The second kappa shape index (κ2) is 22.1. The average molecular weight is 441 g/mol. The minimum absolute atomic E-state index is 0.00908. The van der Waals surface area contributed by atoms with Gasteiger partial charge < -0.3 is 9.47 Å². The van der Waals surface area contributed by atoms with Crippen molar-refractivity contribution < 1.29 is 19.1 Å². The van der Waals surface area contributed by atoms with Gasteiger partial charge in [-0.25, -0.2) is 0 Å². The zero-order valence-electron chi connectivity index (χ0n) is 21.2.